The van der Waals surface area contributed by atoms with Crippen LogP contribution in [-0.2, 0) is 25.7 Å². The molecule has 1 aliphatic carbocycles. The van der Waals surface area contributed by atoms with Gasteiger partial charge in [-0.05, 0) is 133 Å². The van der Waals surface area contributed by atoms with Crippen LogP contribution in [-0.4, -0.2) is 0 Å². The van der Waals surface area contributed by atoms with Gasteiger partial charge in [0.25, 0.3) is 0 Å². The van der Waals surface area contributed by atoms with Gasteiger partial charge in [-0.3, -0.25) is 0 Å². The average molecular weight is 846 g/mol. The van der Waals surface area contributed by atoms with Crippen LogP contribution in [0.25, 0.3) is 44.3 Å². The molecule has 1 atom stereocenters. The van der Waals surface area contributed by atoms with Crippen LogP contribution in [0.3, 0.4) is 0 Å². The molecule has 0 saturated heterocycles. The van der Waals surface area contributed by atoms with E-state index in [9.17, 15) is 0 Å². The topological polar surface area (TPSA) is 0 Å². The predicted octanol–water partition coefficient (Wildman–Crippen LogP) is 16.4. The van der Waals surface area contributed by atoms with E-state index < -0.39 is 0 Å². The van der Waals surface area contributed by atoms with Crippen molar-refractivity contribution >= 4 is 33.2 Å². The summed E-state index contributed by atoms with van der Waals surface area (Å²) in [4.78, 5) is 0. The number of hydrogen-bond acceptors (Lipinski definition) is 0. The summed E-state index contributed by atoms with van der Waals surface area (Å²) >= 11 is 0. The van der Waals surface area contributed by atoms with Crippen LogP contribution in [0, 0.1) is 17.8 Å². The van der Waals surface area contributed by atoms with Crippen LogP contribution in [0.4, 0.5) is 0 Å². The minimum atomic E-state index is 0.358. The molecule has 1 radical (unpaired) electrons. The molecule has 10 rings (SSSR count). The first-order valence-corrected chi connectivity index (χ1v) is 23.4. The first-order chi connectivity index (χ1) is 32.6. The molecule has 1 unspecified atom stereocenters. The van der Waals surface area contributed by atoms with Crippen molar-refractivity contribution in [2.24, 2.45) is 0 Å². The fraction of sp³-hybridized carbons (Fsp3) is 0.106. The van der Waals surface area contributed by atoms with E-state index in [2.05, 4.69) is 243 Å². The maximum atomic E-state index is 3.79. The molecular formula is C66H53. The lowest BCUT2D eigenvalue weighted by molar-refractivity contribution is 0.683. The minimum Gasteiger partial charge on any atom is -0.103 e. The van der Waals surface area contributed by atoms with Gasteiger partial charge in [0.2, 0.25) is 0 Å². The van der Waals surface area contributed by atoms with Crippen LogP contribution < -0.4 is 0 Å². The van der Waals surface area contributed by atoms with Crippen molar-refractivity contribution in [1.82, 2.24) is 0 Å². The first kappa shape index (κ1) is 42.2. The van der Waals surface area contributed by atoms with Crippen LogP contribution >= 0.6 is 0 Å². The van der Waals surface area contributed by atoms with Crippen LogP contribution in [0.2, 0.25) is 0 Å². The van der Waals surface area contributed by atoms with E-state index in [4.69, 9.17) is 0 Å². The van der Waals surface area contributed by atoms with Gasteiger partial charge in [0.05, 0.1) is 5.92 Å². The van der Waals surface area contributed by atoms with Gasteiger partial charge in [-0.1, -0.05) is 236 Å². The van der Waals surface area contributed by atoms with E-state index in [0.29, 0.717) is 5.92 Å². The van der Waals surface area contributed by atoms with Crippen LogP contribution in [0.15, 0.2) is 237 Å². The Morgan fingerprint density at radius 3 is 1.82 bits per heavy atom. The second-order valence-corrected chi connectivity index (χ2v) is 17.6. The lowest BCUT2D eigenvalue weighted by Gasteiger charge is -2.20. The van der Waals surface area contributed by atoms with Crippen molar-refractivity contribution in [1.29, 1.82) is 0 Å². The van der Waals surface area contributed by atoms with E-state index in [1.165, 1.54) is 94.2 Å². The summed E-state index contributed by atoms with van der Waals surface area (Å²) in [6.07, 6.45) is 12.2. The SMILES string of the molecule is C=CCCC#Cc1ccc(CC2=C[C]2c2ccc(/C(=C\c3ccc(-c4ccc(C(Cc5ccccc5)Cc5cccc6ccccc56)cc4)cc3)Cc3cccc4ccccc34)cc2)cc1. The molecule has 0 heteroatoms. The molecule has 0 N–H and O–H groups in total. The van der Waals surface area contributed by atoms with Crippen molar-refractivity contribution in [3.05, 3.63) is 293 Å². The Bertz CT molecular complexity index is 3210. The Hall–Kier alpha value is -7.72. The highest BCUT2D eigenvalue weighted by Crippen LogP contribution is 2.41. The summed E-state index contributed by atoms with van der Waals surface area (Å²) in [7, 11) is 0. The van der Waals surface area contributed by atoms with E-state index in [-0.39, 0.29) is 0 Å². The quantitative estimate of drug-likeness (QED) is 0.0417. The van der Waals surface area contributed by atoms with E-state index in [0.717, 1.165) is 44.1 Å². The van der Waals surface area contributed by atoms with Gasteiger partial charge in [-0.25, -0.2) is 0 Å². The number of unbranched alkanes of at least 4 members (excludes halogenated alkanes) is 1. The second-order valence-electron chi connectivity index (χ2n) is 17.6. The number of fused-ring (bicyclic) bond motifs is 2. The average Bonchev–Trinajstić information content (AvgIpc) is 4.15. The molecule has 317 valence electrons. The van der Waals surface area contributed by atoms with Gasteiger partial charge in [0.15, 0.2) is 0 Å². The highest BCUT2D eigenvalue weighted by Gasteiger charge is 2.27. The molecule has 0 amide bonds. The Balaban J connectivity index is 0.873. The van der Waals surface area contributed by atoms with Crippen LogP contribution in [0.5, 0.6) is 0 Å². The Labute approximate surface area is 391 Å². The second kappa shape index (κ2) is 20.0. The zero-order chi connectivity index (χ0) is 44.5. The molecule has 0 nitrogen and oxygen atoms in total. The highest BCUT2D eigenvalue weighted by atomic mass is 14.3. The van der Waals surface area contributed by atoms with Gasteiger partial charge in [0, 0.05) is 12.0 Å². The van der Waals surface area contributed by atoms with Gasteiger partial charge in [-0.2, -0.15) is 0 Å². The fourth-order valence-electron chi connectivity index (χ4n) is 9.43. The minimum absolute atomic E-state index is 0.358. The van der Waals surface area contributed by atoms with Crippen molar-refractivity contribution < 1.29 is 0 Å². The van der Waals surface area contributed by atoms with E-state index >= 15 is 0 Å². The van der Waals surface area contributed by atoms with Crippen molar-refractivity contribution in [3.63, 3.8) is 0 Å². The summed E-state index contributed by atoms with van der Waals surface area (Å²) < 4.78 is 0. The highest BCUT2D eigenvalue weighted by molar-refractivity contribution is 5.90. The smallest absolute Gasteiger partial charge is 0.0517 e. The lowest BCUT2D eigenvalue weighted by atomic mass is 9.85. The van der Waals surface area contributed by atoms with Crippen molar-refractivity contribution in [2.45, 2.75) is 44.4 Å². The Morgan fingerprint density at radius 2 is 1.12 bits per heavy atom. The third-order valence-corrected chi connectivity index (χ3v) is 13.1. The number of benzene rings is 9. The maximum absolute atomic E-state index is 3.79. The van der Waals surface area contributed by atoms with Gasteiger partial charge in [0.1, 0.15) is 0 Å². The molecule has 9 aromatic rings. The fourth-order valence-corrected chi connectivity index (χ4v) is 9.43. The van der Waals surface area contributed by atoms with Crippen molar-refractivity contribution in [2.75, 3.05) is 0 Å². The summed E-state index contributed by atoms with van der Waals surface area (Å²) in [5.74, 6) is 8.22. The normalized spacial score (nSPS) is 12.9. The molecule has 0 saturated carbocycles. The molecule has 66 heavy (non-hydrogen) atoms. The summed E-state index contributed by atoms with van der Waals surface area (Å²) in [5, 5.41) is 5.23. The van der Waals surface area contributed by atoms with Crippen molar-refractivity contribution in [3.8, 4) is 23.0 Å². The van der Waals surface area contributed by atoms with E-state index in [1.807, 2.05) is 6.08 Å². The molecule has 9 aromatic carbocycles. The lowest BCUT2D eigenvalue weighted by Crippen LogP contribution is -2.07. The molecule has 0 aromatic heterocycles. The molecule has 1 aliphatic rings. The summed E-state index contributed by atoms with van der Waals surface area (Å²) in [6, 6.07) is 78.2. The molecule has 0 fully saturated rings. The molecular weight excluding hydrogens is 793 g/mol. The van der Waals surface area contributed by atoms with Gasteiger partial charge < -0.3 is 0 Å². The zero-order valence-corrected chi connectivity index (χ0v) is 37.5. The van der Waals surface area contributed by atoms with Gasteiger partial charge >= 0.3 is 0 Å². The van der Waals surface area contributed by atoms with Gasteiger partial charge in [-0.15, -0.1) is 6.58 Å². The standard InChI is InChI=1S/C66H53/c1-2-3-4-6-15-48-26-28-50(29-27-48)44-63-47-66(63)58-40-38-55(39-41-58)62(46-60-23-14-21-57-19-10-12-25-65(57)60)43-51-30-32-52(33-31-51)53-34-36-54(37-35-53)61(42-49-16-7-5-8-17-49)45-59-22-13-20-56-18-9-11-24-64(56)59/h2,5,7-14,16-41,43,47,61H,1,3-4,42,44-46H2/b62-43-. The first-order valence-electron chi connectivity index (χ1n) is 23.4. The zero-order valence-electron chi connectivity index (χ0n) is 37.5. The number of rotatable bonds is 15. The third-order valence-electron chi connectivity index (χ3n) is 13.1. The van der Waals surface area contributed by atoms with Crippen LogP contribution in [0.1, 0.15) is 68.8 Å². The maximum Gasteiger partial charge on any atom is 0.0517 e. The molecule has 0 heterocycles. The summed E-state index contributed by atoms with van der Waals surface area (Å²) in [5.41, 5.74) is 16.7. The molecule has 0 aliphatic heterocycles. The number of allylic oxidation sites excluding steroid dienone is 4. The monoisotopic (exact) mass is 845 g/mol. The molecule has 0 bridgehead atoms. The predicted molar refractivity (Wildman–Crippen MR) is 281 cm³/mol. The Morgan fingerprint density at radius 1 is 0.515 bits per heavy atom. The Kier molecular flexibility index (Phi) is 12.8. The van der Waals surface area contributed by atoms with E-state index in [1.54, 1.807) is 0 Å². The third kappa shape index (κ3) is 10.1. The summed E-state index contributed by atoms with van der Waals surface area (Å²) in [6.45, 7) is 3.79. The molecule has 0 spiro atoms. The number of hydrogen-bond donors (Lipinski definition) is 0. The largest absolute Gasteiger partial charge is 0.103 e.